The van der Waals surface area contributed by atoms with Crippen molar-refractivity contribution in [2.75, 3.05) is 0 Å². The SMILES string of the molecule is CCC(N)C(O)c1ccc(Cl)cc1C. The summed E-state index contributed by atoms with van der Waals surface area (Å²) in [5, 5.41) is 10.6. The monoisotopic (exact) mass is 213 g/mol. The molecule has 0 aromatic heterocycles. The highest BCUT2D eigenvalue weighted by molar-refractivity contribution is 6.30. The van der Waals surface area contributed by atoms with Crippen LogP contribution in [-0.4, -0.2) is 11.1 Å². The zero-order chi connectivity index (χ0) is 10.7. The normalized spacial score (nSPS) is 15.2. The fraction of sp³-hybridized carbons (Fsp3) is 0.455. The third kappa shape index (κ3) is 2.47. The molecule has 3 heteroatoms. The van der Waals surface area contributed by atoms with Crippen LogP contribution in [0.4, 0.5) is 0 Å². The lowest BCUT2D eigenvalue weighted by Crippen LogP contribution is -2.27. The molecule has 0 spiro atoms. The van der Waals surface area contributed by atoms with E-state index < -0.39 is 6.10 Å². The summed E-state index contributed by atoms with van der Waals surface area (Å²) in [5.41, 5.74) is 7.62. The van der Waals surface area contributed by atoms with Gasteiger partial charge in [-0.25, -0.2) is 0 Å². The van der Waals surface area contributed by atoms with Crippen molar-refractivity contribution in [3.63, 3.8) is 0 Å². The predicted molar refractivity (Wildman–Crippen MR) is 59.4 cm³/mol. The zero-order valence-electron chi connectivity index (χ0n) is 8.50. The molecule has 0 saturated heterocycles. The van der Waals surface area contributed by atoms with Gasteiger partial charge in [0.25, 0.3) is 0 Å². The second kappa shape index (κ2) is 4.78. The van der Waals surface area contributed by atoms with E-state index in [-0.39, 0.29) is 6.04 Å². The highest BCUT2D eigenvalue weighted by Crippen LogP contribution is 2.23. The van der Waals surface area contributed by atoms with Crippen molar-refractivity contribution in [2.45, 2.75) is 32.4 Å². The summed E-state index contributed by atoms with van der Waals surface area (Å²) < 4.78 is 0. The summed E-state index contributed by atoms with van der Waals surface area (Å²) in [6, 6.07) is 5.23. The standard InChI is InChI=1S/C11H16ClNO/c1-3-10(13)11(14)9-5-4-8(12)6-7(9)2/h4-6,10-11,14H,3,13H2,1-2H3. The third-order valence-electron chi connectivity index (χ3n) is 2.43. The molecule has 0 aliphatic carbocycles. The Morgan fingerprint density at radius 1 is 1.50 bits per heavy atom. The van der Waals surface area contributed by atoms with Crippen molar-refractivity contribution in [1.29, 1.82) is 0 Å². The topological polar surface area (TPSA) is 46.2 Å². The lowest BCUT2D eigenvalue weighted by molar-refractivity contribution is 0.144. The maximum absolute atomic E-state index is 9.89. The highest BCUT2D eigenvalue weighted by Gasteiger charge is 2.16. The van der Waals surface area contributed by atoms with Crippen LogP contribution in [0.3, 0.4) is 0 Å². The molecule has 1 aromatic carbocycles. The van der Waals surface area contributed by atoms with Gasteiger partial charge < -0.3 is 10.8 Å². The van der Waals surface area contributed by atoms with Gasteiger partial charge >= 0.3 is 0 Å². The molecule has 0 saturated carbocycles. The number of aliphatic hydroxyl groups excluding tert-OH is 1. The summed E-state index contributed by atoms with van der Waals surface area (Å²) in [4.78, 5) is 0. The molecule has 0 heterocycles. The number of hydrogen-bond acceptors (Lipinski definition) is 2. The minimum absolute atomic E-state index is 0.213. The Morgan fingerprint density at radius 2 is 2.14 bits per heavy atom. The molecule has 0 bridgehead atoms. The van der Waals surface area contributed by atoms with Crippen LogP contribution in [0.25, 0.3) is 0 Å². The molecule has 0 fully saturated rings. The van der Waals surface area contributed by atoms with E-state index in [0.29, 0.717) is 5.02 Å². The van der Waals surface area contributed by atoms with Crippen LogP contribution in [0.1, 0.15) is 30.6 Å². The number of hydrogen-bond donors (Lipinski definition) is 2. The number of aliphatic hydroxyl groups is 1. The maximum Gasteiger partial charge on any atom is 0.0943 e. The van der Waals surface area contributed by atoms with Crippen molar-refractivity contribution in [3.05, 3.63) is 34.3 Å². The second-order valence-corrected chi connectivity index (χ2v) is 3.95. The van der Waals surface area contributed by atoms with E-state index in [0.717, 1.165) is 17.5 Å². The Hall–Kier alpha value is -0.570. The first-order valence-corrected chi connectivity index (χ1v) is 5.13. The number of aryl methyl sites for hydroxylation is 1. The van der Waals surface area contributed by atoms with Crippen LogP contribution >= 0.6 is 11.6 Å². The minimum Gasteiger partial charge on any atom is -0.387 e. The first kappa shape index (κ1) is 11.5. The molecule has 0 radical (unpaired) electrons. The van der Waals surface area contributed by atoms with Crippen molar-refractivity contribution in [2.24, 2.45) is 5.73 Å². The Morgan fingerprint density at radius 3 is 2.64 bits per heavy atom. The predicted octanol–water partition coefficient (Wildman–Crippen LogP) is 2.42. The van der Waals surface area contributed by atoms with Crippen LogP contribution < -0.4 is 5.73 Å². The van der Waals surface area contributed by atoms with E-state index in [1.54, 1.807) is 6.07 Å². The average molecular weight is 214 g/mol. The molecule has 2 unspecified atom stereocenters. The van der Waals surface area contributed by atoms with Gasteiger partial charge in [0.2, 0.25) is 0 Å². The molecular formula is C11H16ClNO. The highest BCUT2D eigenvalue weighted by atomic mass is 35.5. The molecule has 2 nitrogen and oxygen atoms in total. The minimum atomic E-state index is -0.600. The van der Waals surface area contributed by atoms with Gasteiger partial charge in [-0.05, 0) is 36.6 Å². The van der Waals surface area contributed by atoms with Gasteiger partial charge in [0, 0.05) is 11.1 Å². The summed E-state index contributed by atoms with van der Waals surface area (Å²) in [6.45, 7) is 3.88. The van der Waals surface area contributed by atoms with Gasteiger partial charge in [0.1, 0.15) is 0 Å². The number of benzene rings is 1. The fourth-order valence-corrected chi connectivity index (χ4v) is 1.65. The number of halogens is 1. The van der Waals surface area contributed by atoms with Crippen LogP contribution in [-0.2, 0) is 0 Å². The van der Waals surface area contributed by atoms with Gasteiger partial charge in [-0.2, -0.15) is 0 Å². The second-order valence-electron chi connectivity index (χ2n) is 3.52. The van der Waals surface area contributed by atoms with Crippen molar-refractivity contribution < 1.29 is 5.11 Å². The van der Waals surface area contributed by atoms with E-state index in [1.165, 1.54) is 0 Å². The summed E-state index contributed by atoms with van der Waals surface area (Å²) in [5.74, 6) is 0. The van der Waals surface area contributed by atoms with Gasteiger partial charge in [-0.15, -0.1) is 0 Å². The molecule has 0 amide bonds. The van der Waals surface area contributed by atoms with E-state index in [2.05, 4.69) is 0 Å². The Balaban J connectivity index is 2.95. The molecule has 78 valence electrons. The first-order chi connectivity index (χ1) is 6.56. The van der Waals surface area contributed by atoms with E-state index in [9.17, 15) is 5.11 Å². The Bertz CT molecular complexity index is 314. The molecule has 2 atom stereocenters. The summed E-state index contributed by atoms with van der Waals surface area (Å²) in [7, 11) is 0. The van der Waals surface area contributed by atoms with Gasteiger partial charge in [0.15, 0.2) is 0 Å². The number of rotatable bonds is 3. The van der Waals surface area contributed by atoms with Crippen LogP contribution in [0.2, 0.25) is 5.02 Å². The average Bonchev–Trinajstić information content (AvgIpc) is 2.15. The van der Waals surface area contributed by atoms with Crippen LogP contribution in [0.15, 0.2) is 18.2 Å². The third-order valence-corrected chi connectivity index (χ3v) is 2.66. The quantitative estimate of drug-likeness (QED) is 0.810. The molecule has 1 rings (SSSR count). The largest absolute Gasteiger partial charge is 0.387 e. The summed E-state index contributed by atoms with van der Waals surface area (Å²) >= 11 is 5.82. The lowest BCUT2D eigenvalue weighted by Gasteiger charge is -2.19. The smallest absolute Gasteiger partial charge is 0.0943 e. The van der Waals surface area contributed by atoms with E-state index in [1.807, 2.05) is 26.0 Å². The first-order valence-electron chi connectivity index (χ1n) is 4.76. The maximum atomic E-state index is 9.89. The molecule has 0 aliphatic heterocycles. The van der Waals surface area contributed by atoms with E-state index >= 15 is 0 Å². The van der Waals surface area contributed by atoms with Gasteiger partial charge in [0.05, 0.1) is 6.10 Å². The molecule has 3 N–H and O–H groups in total. The molecular weight excluding hydrogens is 198 g/mol. The van der Waals surface area contributed by atoms with Crippen LogP contribution in [0, 0.1) is 6.92 Å². The molecule has 14 heavy (non-hydrogen) atoms. The lowest BCUT2D eigenvalue weighted by atomic mass is 9.97. The Kier molecular flexibility index (Phi) is 3.93. The fourth-order valence-electron chi connectivity index (χ4n) is 1.42. The number of nitrogens with two attached hydrogens (primary N) is 1. The van der Waals surface area contributed by atoms with Crippen molar-refractivity contribution >= 4 is 11.6 Å². The van der Waals surface area contributed by atoms with Gasteiger partial charge in [-0.1, -0.05) is 24.6 Å². The molecule has 0 aliphatic rings. The van der Waals surface area contributed by atoms with Crippen molar-refractivity contribution in [3.8, 4) is 0 Å². The summed E-state index contributed by atoms with van der Waals surface area (Å²) in [6.07, 6.45) is 0.153. The molecule has 1 aromatic rings. The van der Waals surface area contributed by atoms with Gasteiger partial charge in [-0.3, -0.25) is 0 Å². The van der Waals surface area contributed by atoms with Crippen LogP contribution in [0.5, 0.6) is 0 Å². The van der Waals surface area contributed by atoms with Crippen molar-refractivity contribution in [1.82, 2.24) is 0 Å². The van der Waals surface area contributed by atoms with E-state index in [4.69, 9.17) is 17.3 Å². The Labute approximate surface area is 89.7 Å². The zero-order valence-corrected chi connectivity index (χ0v) is 9.25.